The highest BCUT2D eigenvalue weighted by molar-refractivity contribution is 5.75. The number of esters is 1. The molecule has 4 heteroatoms. The second-order valence-corrected chi connectivity index (χ2v) is 6.20. The topological polar surface area (TPSA) is 52.6 Å². The Kier molecular flexibility index (Phi) is 5.16. The largest absolute Gasteiger partial charge is 0.460 e. The monoisotopic (exact) mass is 312 g/mol. The van der Waals surface area contributed by atoms with Gasteiger partial charge in [0.2, 0.25) is 0 Å². The summed E-state index contributed by atoms with van der Waals surface area (Å²) in [6, 6.07) is 14.1. The van der Waals surface area contributed by atoms with Crippen LogP contribution in [0.3, 0.4) is 0 Å². The van der Waals surface area contributed by atoms with Gasteiger partial charge in [-0.05, 0) is 50.6 Å². The van der Waals surface area contributed by atoms with E-state index in [2.05, 4.69) is 0 Å². The summed E-state index contributed by atoms with van der Waals surface area (Å²) in [5.74, 6) is 0.973. The third-order valence-electron chi connectivity index (χ3n) is 2.92. The number of aldehydes is 1. The van der Waals surface area contributed by atoms with Crippen LogP contribution in [0.25, 0.3) is 0 Å². The van der Waals surface area contributed by atoms with E-state index >= 15 is 0 Å². The molecule has 0 aliphatic heterocycles. The molecule has 0 bridgehead atoms. The van der Waals surface area contributed by atoms with Gasteiger partial charge in [-0.1, -0.05) is 24.3 Å². The quantitative estimate of drug-likeness (QED) is 0.614. The molecule has 4 nitrogen and oxygen atoms in total. The second-order valence-electron chi connectivity index (χ2n) is 6.20. The maximum absolute atomic E-state index is 11.8. The molecule has 0 fully saturated rings. The van der Waals surface area contributed by atoms with Gasteiger partial charge in [0.15, 0.2) is 0 Å². The highest BCUT2D eigenvalue weighted by Gasteiger charge is 2.16. The summed E-state index contributed by atoms with van der Waals surface area (Å²) in [4.78, 5) is 22.5. The zero-order valence-corrected chi connectivity index (χ0v) is 13.5. The zero-order chi connectivity index (χ0) is 16.9. The van der Waals surface area contributed by atoms with E-state index in [1.54, 1.807) is 36.4 Å². The SMILES string of the molecule is CC(C)(C)OC(=O)Cc1ccc(Oc2cccc(C=O)c2)cc1. The van der Waals surface area contributed by atoms with Gasteiger partial charge in [-0.25, -0.2) is 0 Å². The summed E-state index contributed by atoms with van der Waals surface area (Å²) in [5.41, 5.74) is 0.932. The molecule has 0 spiro atoms. The van der Waals surface area contributed by atoms with E-state index in [0.717, 1.165) is 11.8 Å². The normalized spacial score (nSPS) is 10.9. The van der Waals surface area contributed by atoms with Gasteiger partial charge in [0.05, 0.1) is 6.42 Å². The lowest BCUT2D eigenvalue weighted by molar-refractivity contribution is -0.153. The van der Waals surface area contributed by atoms with Gasteiger partial charge >= 0.3 is 5.97 Å². The summed E-state index contributed by atoms with van der Waals surface area (Å²) in [6.45, 7) is 5.53. The van der Waals surface area contributed by atoms with E-state index in [-0.39, 0.29) is 12.4 Å². The van der Waals surface area contributed by atoms with Crippen molar-refractivity contribution in [1.82, 2.24) is 0 Å². The molecule has 23 heavy (non-hydrogen) atoms. The zero-order valence-electron chi connectivity index (χ0n) is 13.5. The Balaban J connectivity index is 1.99. The Morgan fingerprint density at radius 2 is 1.74 bits per heavy atom. The van der Waals surface area contributed by atoms with E-state index in [4.69, 9.17) is 9.47 Å². The van der Waals surface area contributed by atoms with Gasteiger partial charge in [0, 0.05) is 5.56 Å². The van der Waals surface area contributed by atoms with Gasteiger partial charge in [-0.15, -0.1) is 0 Å². The van der Waals surface area contributed by atoms with Crippen molar-refractivity contribution in [2.45, 2.75) is 32.8 Å². The maximum Gasteiger partial charge on any atom is 0.310 e. The first-order valence-electron chi connectivity index (χ1n) is 7.39. The number of ether oxygens (including phenoxy) is 2. The summed E-state index contributed by atoms with van der Waals surface area (Å²) in [5, 5.41) is 0. The molecule has 0 atom stereocenters. The highest BCUT2D eigenvalue weighted by Crippen LogP contribution is 2.22. The second kappa shape index (κ2) is 7.09. The molecule has 0 saturated heterocycles. The predicted molar refractivity (Wildman–Crippen MR) is 87.9 cm³/mol. The van der Waals surface area contributed by atoms with Crippen LogP contribution < -0.4 is 4.74 Å². The minimum absolute atomic E-state index is 0.220. The van der Waals surface area contributed by atoms with Crippen molar-refractivity contribution < 1.29 is 19.1 Å². The molecule has 0 aromatic heterocycles. The lowest BCUT2D eigenvalue weighted by Gasteiger charge is -2.19. The van der Waals surface area contributed by atoms with Gasteiger partial charge in [0.1, 0.15) is 23.4 Å². The van der Waals surface area contributed by atoms with Crippen LogP contribution in [0, 0.1) is 0 Å². The van der Waals surface area contributed by atoms with Crippen LogP contribution in [0.15, 0.2) is 48.5 Å². The average molecular weight is 312 g/mol. The van der Waals surface area contributed by atoms with Gasteiger partial charge in [0.25, 0.3) is 0 Å². The first kappa shape index (κ1) is 16.7. The van der Waals surface area contributed by atoms with E-state index in [1.807, 2.05) is 32.9 Å². The molecule has 2 aromatic carbocycles. The molecule has 120 valence electrons. The number of rotatable bonds is 5. The fraction of sp³-hybridized carbons (Fsp3) is 0.263. The Hall–Kier alpha value is -2.62. The minimum atomic E-state index is -0.482. The summed E-state index contributed by atoms with van der Waals surface area (Å²) in [6.07, 6.45) is 0.995. The molecule has 0 amide bonds. The van der Waals surface area contributed by atoms with Crippen LogP contribution in [0.5, 0.6) is 11.5 Å². The molecule has 0 aliphatic rings. The fourth-order valence-electron chi connectivity index (χ4n) is 2.01. The van der Waals surface area contributed by atoms with Crippen molar-refractivity contribution in [1.29, 1.82) is 0 Å². The van der Waals surface area contributed by atoms with Gasteiger partial charge in [-0.3, -0.25) is 9.59 Å². The van der Waals surface area contributed by atoms with E-state index in [9.17, 15) is 9.59 Å². The first-order chi connectivity index (χ1) is 10.9. The minimum Gasteiger partial charge on any atom is -0.460 e. The molecule has 0 heterocycles. The fourth-order valence-corrected chi connectivity index (χ4v) is 2.01. The van der Waals surface area contributed by atoms with Crippen molar-refractivity contribution in [3.05, 3.63) is 59.7 Å². The van der Waals surface area contributed by atoms with Crippen LogP contribution in [0.4, 0.5) is 0 Å². The molecule has 2 rings (SSSR count). The van der Waals surface area contributed by atoms with E-state index in [1.165, 1.54) is 0 Å². The van der Waals surface area contributed by atoms with E-state index < -0.39 is 5.60 Å². The van der Waals surface area contributed by atoms with Crippen LogP contribution in [-0.2, 0) is 16.0 Å². The molecular formula is C19H20O4. The number of benzene rings is 2. The molecule has 0 unspecified atom stereocenters. The Morgan fingerprint density at radius 1 is 1.04 bits per heavy atom. The third-order valence-corrected chi connectivity index (χ3v) is 2.92. The molecule has 0 saturated carbocycles. The van der Waals surface area contributed by atoms with Crippen LogP contribution in [0.2, 0.25) is 0 Å². The third kappa shape index (κ3) is 5.58. The number of hydrogen-bond donors (Lipinski definition) is 0. The smallest absolute Gasteiger partial charge is 0.310 e. The van der Waals surface area contributed by atoms with Crippen molar-refractivity contribution in [2.24, 2.45) is 0 Å². The van der Waals surface area contributed by atoms with Crippen LogP contribution in [-0.4, -0.2) is 17.9 Å². The van der Waals surface area contributed by atoms with Crippen LogP contribution >= 0.6 is 0 Å². The number of carbonyl (C=O) groups excluding carboxylic acids is 2. The van der Waals surface area contributed by atoms with Crippen molar-refractivity contribution in [2.75, 3.05) is 0 Å². The highest BCUT2D eigenvalue weighted by atomic mass is 16.6. The predicted octanol–water partition coefficient (Wildman–Crippen LogP) is 4.18. The van der Waals surface area contributed by atoms with Crippen molar-refractivity contribution in [3.63, 3.8) is 0 Å². The van der Waals surface area contributed by atoms with Crippen molar-refractivity contribution >= 4 is 12.3 Å². The Labute approximate surface area is 136 Å². The number of hydrogen-bond acceptors (Lipinski definition) is 4. The summed E-state index contributed by atoms with van der Waals surface area (Å²) in [7, 11) is 0. The van der Waals surface area contributed by atoms with Gasteiger partial charge in [-0.2, -0.15) is 0 Å². The Morgan fingerprint density at radius 3 is 2.35 bits per heavy atom. The standard InChI is InChI=1S/C19H20O4/c1-19(2,3)23-18(21)12-14-7-9-16(10-8-14)22-17-6-4-5-15(11-17)13-20/h4-11,13H,12H2,1-3H3. The van der Waals surface area contributed by atoms with Gasteiger partial charge < -0.3 is 9.47 Å². The molecule has 0 radical (unpaired) electrons. The molecule has 2 aromatic rings. The molecular weight excluding hydrogens is 292 g/mol. The summed E-state index contributed by atoms with van der Waals surface area (Å²) < 4.78 is 11.0. The number of carbonyl (C=O) groups is 2. The van der Waals surface area contributed by atoms with E-state index in [0.29, 0.717) is 17.1 Å². The lowest BCUT2D eigenvalue weighted by Crippen LogP contribution is -2.24. The summed E-state index contributed by atoms with van der Waals surface area (Å²) >= 11 is 0. The average Bonchev–Trinajstić information content (AvgIpc) is 2.47. The first-order valence-corrected chi connectivity index (χ1v) is 7.39. The maximum atomic E-state index is 11.8. The molecule has 0 aliphatic carbocycles. The van der Waals surface area contributed by atoms with Crippen molar-refractivity contribution in [3.8, 4) is 11.5 Å². The Bertz CT molecular complexity index is 681. The van der Waals surface area contributed by atoms with Crippen LogP contribution in [0.1, 0.15) is 36.7 Å². The lowest BCUT2D eigenvalue weighted by atomic mass is 10.1. The molecule has 0 N–H and O–H groups in total.